The van der Waals surface area contributed by atoms with Gasteiger partial charge >= 0.3 is 0 Å². The van der Waals surface area contributed by atoms with Gasteiger partial charge < -0.3 is 15.3 Å². The molecular weight excluding hydrogens is 264 g/mol. The maximum atomic E-state index is 10.5. The van der Waals surface area contributed by atoms with Gasteiger partial charge in [0, 0.05) is 5.41 Å². The summed E-state index contributed by atoms with van der Waals surface area (Å²) in [4.78, 5) is 0. The van der Waals surface area contributed by atoms with Crippen LogP contribution in [-0.2, 0) is 6.42 Å². The van der Waals surface area contributed by atoms with Crippen LogP contribution < -0.4 is 0 Å². The van der Waals surface area contributed by atoms with E-state index >= 15 is 0 Å². The van der Waals surface area contributed by atoms with Crippen molar-refractivity contribution in [2.75, 3.05) is 0 Å². The lowest BCUT2D eigenvalue weighted by Crippen LogP contribution is -2.46. The Hall–Kier alpha value is -0.900. The predicted molar refractivity (Wildman–Crippen MR) is 79.8 cm³/mol. The zero-order chi connectivity index (χ0) is 14.8. The SMILES string of the molecule is C[C@]12CC[C@@H]3c4ccccc4CC[C@H]3[C@@H]1C(O)C(O)C2O. The quantitative estimate of drug-likeness (QED) is 0.683. The predicted octanol–water partition coefficient (Wildman–Crippen LogP) is 1.85. The van der Waals surface area contributed by atoms with Gasteiger partial charge in [0.1, 0.15) is 6.10 Å². The second kappa shape index (κ2) is 4.55. The van der Waals surface area contributed by atoms with E-state index in [1.54, 1.807) is 0 Å². The molecule has 3 N–H and O–H groups in total. The first-order chi connectivity index (χ1) is 10.0. The van der Waals surface area contributed by atoms with E-state index in [9.17, 15) is 15.3 Å². The highest BCUT2D eigenvalue weighted by Crippen LogP contribution is 2.60. The van der Waals surface area contributed by atoms with Crippen molar-refractivity contribution in [1.82, 2.24) is 0 Å². The highest BCUT2D eigenvalue weighted by molar-refractivity contribution is 5.35. The van der Waals surface area contributed by atoms with Crippen molar-refractivity contribution in [3.63, 3.8) is 0 Å². The molecule has 0 saturated heterocycles. The van der Waals surface area contributed by atoms with Crippen molar-refractivity contribution in [3.05, 3.63) is 35.4 Å². The van der Waals surface area contributed by atoms with Crippen molar-refractivity contribution in [3.8, 4) is 0 Å². The number of aliphatic hydroxyl groups is 3. The zero-order valence-electron chi connectivity index (χ0n) is 12.4. The molecule has 3 aliphatic rings. The van der Waals surface area contributed by atoms with Gasteiger partial charge in [0.2, 0.25) is 0 Å². The van der Waals surface area contributed by atoms with Crippen molar-refractivity contribution in [2.45, 2.75) is 56.8 Å². The van der Waals surface area contributed by atoms with Gasteiger partial charge in [0.05, 0.1) is 12.2 Å². The molecule has 0 bridgehead atoms. The largest absolute Gasteiger partial charge is 0.390 e. The van der Waals surface area contributed by atoms with E-state index in [1.165, 1.54) is 11.1 Å². The van der Waals surface area contributed by atoms with E-state index in [1.807, 2.05) is 0 Å². The summed E-state index contributed by atoms with van der Waals surface area (Å²) in [5.41, 5.74) is 2.53. The van der Waals surface area contributed by atoms with Gasteiger partial charge in [-0.2, -0.15) is 0 Å². The number of fused-ring (bicyclic) bond motifs is 5. The molecule has 1 aromatic carbocycles. The van der Waals surface area contributed by atoms with Crippen LogP contribution in [0.25, 0.3) is 0 Å². The first kappa shape index (κ1) is 13.7. The van der Waals surface area contributed by atoms with Gasteiger partial charge in [-0.15, -0.1) is 0 Å². The Labute approximate surface area is 125 Å². The molecule has 0 spiro atoms. The first-order valence-corrected chi connectivity index (χ1v) is 8.16. The van der Waals surface area contributed by atoms with Crippen molar-refractivity contribution < 1.29 is 15.3 Å². The molecule has 2 fully saturated rings. The molecule has 4 rings (SSSR count). The van der Waals surface area contributed by atoms with Gasteiger partial charge in [0.15, 0.2) is 0 Å². The number of hydrogen-bond donors (Lipinski definition) is 3. The topological polar surface area (TPSA) is 60.7 Å². The molecular formula is C18H24O3. The fourth-order valence-corrected chi connectivity index (χ4v) is 5.58. The van der Waals surface area contributed by atoms with Crippen molar-refractivity contribution >= 4 is 0 Å². The number of rotatable bonds is 0. The summed E-state index contributed by atoms with van der Waals surface area (Å²) in [5.74, 6) is 0.857. The van der Waals surface area contributed by atoms with E-state index in [0.29, 0.717) is 11.8 Å². The van der Waals surface area contributed by atoms with E-state index in [4.69, 9.17) is 0 Å². The Bertz CT molecular complexity index is 557. The fraction of sp³-hybridized carbons (Fsp3) is 0.667. The second-order valence-electron chi connectivity index (χ2n) is 7.50. The lowest BCUT2D eigenvalue weighted by atomic mass is 9.55. The Morgan fingerprint density at radius 3 is 2.62 bits per heavy atom. The van der Waals surface area contributed by atoms with Crippen LogP contribution in [0.5, 0.6) is 0 Å². The highest BCUT2D eigenvalue weighted by atomic mass is 16.4. The molecule has 3 nitrogen and oxygen atoms in total. The minimum atomic E-state index is -0.990. The highest BCUT2D eigenvalue weighted by Gasteiger charge is 2.62. The van der Waals surface area contributed by atoms with E-state index in [-0.39, 0.29) is 11.3 Å². The fourth-order valence-electron chi connectivity index (χ4n) is 5.58. The van der Waals surface area contributed by atoms with Crippen LogP contribution in [0.3, 0.4) is 0 Å². The van der Waals surface area contributed by atoms with E-state index in [0.717, 1.165) is 25.7 Å². The van der Waals surface area contributed by atoms with Gasteiger partial charge in [-0.25, -0.2) is 0 Å². The summed E-state index contributed by atoms with van der Waals surface area (Å²) in [7, 11) is 0. The first-order valence-electron chi connectivity index (χ1n) is 8.16. The number of benzene rings is 1. The van der Waals surface area contributed by atoms with E-state index in [2.05, 4.69) is 31.2 Å². The maximum Gasteiger partial charge on any atom is 0.107 e. The van der Waals surface area contributed by atoms with Gasteiger partial charge in [-0.05, 0) is 54.6 Å². The van der Waals surface area contributed by atoms with Crippen molar-refractivity contribution in [1.29, 1.82) is 0 Å². The molecule has 0 heterocycles. The van der Waals surface area contributed by atoms with E-state index < -0.39 is 18.3 Å². The molecule has 3 aliphatic carbocycles. The Balaban J connectivity index is 1.75. The average Bonchev–Trinajstić information content (AvgIpc) is 2.68. The Kier molecular flexibility index (Phi) is 2.97. The average molecular weight is 288 g/mol. The lowest BCUT2D eigenvalue weighted by molar-refractivity contribution is -0.0505. The van der Waals surface area contributed by atoms with Crippen LogP contribution in [-0.4, -0.2) is 33.6 Å². The molecule has 7 atom stereocenters. The molecule has 2 saturated carbocycles. The molecule has 0 aliphatic heterocycles. The van der Waals surface area contributed by atoms with Crippen molar-refractivity contribution in [2.24, 2.45) is 17.3 Å². The number of aliphatic hydroxyl groups excluding tert-OH is 3. The molecule has 0 radical (unpaired) electrons. The van der Waals surface area contributed by atoms with Crippen LogP contribution in [0.2, 0.25) is 0 Å². The van der Waals surface area contributed by atoms with Gasteiger partial charge in [-0.1, -0.05) is 31.2 Å². The summed E-state index contributed by atoms with van der Waals surface area (Å²) in [6.45, 7) is 2.05. The maximum absolute atomic E-state index is 10.5. The molecule has 21 heavy (non-hydrogen) atoms. The summed E-state index contributed by atoms with van der Waals surface area (Å²) >= 11 is 0. The van der Waals surface area contributed by atoms with Crippen LogP contribution in [0.1, 0.15) is 43.2 Å². The van der Waals surface area contributed by atoms with Gasteiger partial charge in [0.25, 0.3) is 0 Å². The Morgan fingerprint density at radius 1 is 1.05 bits per heavy atom. The molecule has 3 unspecified atom stereocenters. The molecule has 114 valence electrons. The minimum Gasteiger partial charge on any atom is -0.390 e. The van der Waals surface area contributed by atoms with Crippen LogP contribution in [0.4, 0.5) is 0 Å². The third-order valence-electron chi connectivity index (χ3n) is 6.65. The van der Waals surface area contributed by atoms with Crippen LogP contribution >= 0.6 is 0 Å². The monoisotopic (exact) mass is 288 g/mol. The Morgan fingerprint density at radius 2 is 1.81 bits per heavy atom. The zero-order valence-corrected chi connectivity index (χ0v) is 12.4. The summed E-state index contributed by atoms with van der Waals surface area (Å²) < 4.78 is 0. The number of hydrogen-bond acceptors (Lipinski definition) is 3. The normalized spacial score (nSPS) is 48.4. The molecule has 0 aromatic heterocycles. The summed E-state index contributed by atoms with van der Waals surface area (Å²) in [6.07, 6.45) is 1.45. The molecule has 3 heteroatoms. The van der Waals surface area contributed by atoms with Crippen LogP contribution in [0.15, 0.2) is 24.3 Å². The summed E-state index contributed by atoms with van der Waals surface area (Å²) in [6, 6.07) is 8.64. The standard InChI is InChI=1S/C18H24O3/c1-18-9-8-12-11-5-3-2-4-10(11)6-7-13(12)14(18)15(19)16(20)17(18)21/h2-5,12-17,19-21H,6-9H2,1H3/t12-,13-,14-,15?,16?,17?,18+/m1/s1. The smallest absolute Gasteiger partial charge is 0.107 e. The third kappa shape index (κ3) is 1.71. The van der Waals surface area contributed by atoms with Gasteiger partial charge in [-0.3, -0.25) is 0 Å². The summed E-state index contributed by atoms with van der Waals surface area (Å²) in [5, 5.41) is 31.1. The third-order valence-corrected chi connectivity index (χ3v) is 6.65. The minimum absolute atomic E-state index is 0.00889. The molecule has 1 aromatic rings. The lowest BCUT2D eigenvalue weighted by Gasteiger charge is -2.50. The van der Waals surface area contributed by atoms with Crippen LogP contribution in [0, 0.1) is 17.3 Å². The number of aryl methyl sites for hydroxylation is 1. The molecule has 0 amide bonds. The second-order valence-corrected chi connectivity index (χ2v) is 7.50.